The van der Waals surface area contributed by atoms with E-state index in [9.17, 15) is 4.79 Å². The lowest BCUT2D eigenvalue weighted by Crippen LogP contribution is -2.29. The SMILES string of the molecule is O=C(c1ccnc(Br)c1)N1CCC(CO)C1. The molecular weight excluding hydrogens is 272 g/mol. The van der Waals surface area contributed by atoms with E-state index in [0.717, 1.165) is 13.0 Å². The van der Waals surface area contributed by atoms with Crippen molar-refractivity contribution in [3.05, 3.63) is 28.5 Å². The summed E-state index contributed by atoms with van der Waals surface area (Å²) in [6, 6.07) is 3.42. The molecular formula is C11H13BrN2O2. The Kier molecular flexibility index (Phi) is 3.56. The van der Waals surface area contributed by atoms with Crippen LogP contribution in [0.1, 0.15) is 16.8 Å². The average molecular weight is 285 g/mol. The normalized spacial score (nSPS) is 20.1. The van der Waals surface area contributed by atoms with Gasteiger partial charge in [-0.15, -0.1) is 0 Å². The molecule has 1 aliphatic rings. The lowest BCUT2D eigenvalue weighted by Gasteiger charge is -2.16. The molecule has 0 aromatic carbocycles. The molecule has 86 valence electrons. The first-order chi connectivity index (χ1) is 7.70. The molecule has 0 saturated carbocycles. The number of carbonyl (C=O) groups excluding carboxylic acids is 1. The van der Waals surface area contributed by atoms with E-state index in [1.807, 2.05) is 0 Å². The predicted octanol–water partition coefficient (Wildman–Crippen LogP) is 1.30. The van der Waals surface area contributed by atoms with E-state index >= 15 is 0 Å². The number of halogens is 1. The number of likely N-dealkylation sites (tertiary alicyclic amines) is 1. The smallest absolute Gasteiger partial charge is 0.254 e. The van der Waals surface area contributed by atoms with Crippen molar-refractivity contribution in [2.45, 2.75) is 6.42 Å². The van der Waals surface area contributed by atoms with Crippen LogP contribution in [0.5, 0.6) is 0 Å². The minimum atomic E-state index is 0.0130. The van der Waals surface area contributed by atoms with Crippen LogP contribution in [0, 0.1) is 5.92 Å². The second-order valence-electron chi connectivity index (χ2n) is 3.96. The van der Waals surface area contributed by atoms with Gasteiger partial charge in [0.25, 0.3) is 5.91 Å². The lowest BCUT2D eigenvalue weighted by atomic mass is 10.1. The van der Waals surface area contributed by atoms with Gasteiger partial charge in [0.2, 0.25) is 0 Å². The minimum Gasteiger partial charge on any atom is -0.396 e. The molecule has 1 aliphatic heterocycles. The summed E-state index contributed by atoms with van der Waals surface area (Å²) in [5.41, 5.74) is 0.639. The number of aliphatic hydroxyl groups excluding tert-OH is 1. The predicted molar refractivity (Wildman–Crippen MR) is 63.0 cm³/mol. The second-order valence-corrected chi connectivity index (χ2v) is 4.77. The van der Waals surface area contributed by atoms with Gasteiger partial charge in [0.15, 0.2) is 0 Å². The van der Waals surface area contributed by atoms with Crippen LogP contribution in [-0.2, 0) is 0 Å². The molecule has 1 amide bonds. The average Bonchev–Trinajstić information content (AvgIpc) is 2.76. The Morgan fingerprint density at radius 1 is 1.69 bits per heavy atom. The van der Waals surface area contributed by atoms with E-state index in [-0.39, 0.29) is 18.4 Å². The fourth-order valence-electron chi connectivity index (χ4n) is 1.88. The molecule has 2 heterocycles. The third kappa shape index (κ3) is 2.41. The van der Waals surface area contributed by atoms with Gasteiger partial charge in [0.1, 0.15) is 4.60 Å². The molecule has 0 spiro atoms. The number of amides is 1. The lowest BCUT2D eigenvalue weighted by molar-refractivity contribution is 0.0781. The molecule has 4 nitrogen and oxygen atoms in total. The number of carbonyl (C=O) groups is 1. The summed E-state index contributed by atoms with van der Waals surface area (Å²) in [6.07, 6.45) is 2.49. The van der Waals surface area contributed by atoms with Crippen molar-refractivity contribution in [1.82, 2.24) is 9.88 Å². The molecule has 1 saturated heterocycles. The number of rotatable bonds is 2. The zero-order valence-corrected chi connectivity index (χ0v) is 10.4. The van der Waals surface area contributed by atoms with Crippen LogP contribution in [0.15, 0.2) is 22.9 Å². The number of pyridine rings is 1. The van der Waals surface area contributed by atoms with Crippen molar-refractivity contribution >= 4 is 21.8 Å². The first-order valence-corrected chi connectivity index (χ1v) is 6.01. The largest absolute Gasteiger partial charge is 0.396 e. The zero-order valence-electron chi connectivity index (χ0n) is 8.77. The molecule has 1 unspecified atom stereocenters. The van der Waals surface area contributed by atoms with Gasteiger partial charge in [0.05, 0.1) is 0 Å². The Bertz CT molecular complexity index is 397. The van der Waals surface area contributed by atoms with Crippen LogP contribution < -0.4 is 0 Å². The van der Waals surface area contributed by atoms with Gasteiger partial charge < -0.3 is 10.0 Å². The summed E-state index contributed by atoms with van der Waals surface area (Å²) in [5, 5.41) is 9.02. The summed E-state index contributed by atoms with van der Waals surface area (Å²) < 4.78 is 0.663. The van der Waals surface area contributed by atoms with Gasteiger partial charge in [-0.25, -0.2) is 4.98 Å². The molecule has 1 aromatic rings. The van der Waals surface area contributed by atoms with Gasteiger partial charge in [-0.2, -0.15) is 0 Å². The third-order valence-corrected chi connectivity index (χ3v) is 3.24. The van der Waals surface area contributed by atoms with Crippen LogP contribution in [0.2, 0.25) is 0 Å². The molecule has 1 atom stereocenters. The molecule has 0 radical (unpaired) electrons. The van der Waals surface area contributed by atoms with Crippen LogP contribution >= 0.6 is 15.9 Å². The molecule has 0 bridgehead atoms. The summed E-state index contributed by atoms with van der Waals surface area (Å²) in [4.78, 5) is 17.8. The maximum Gasteiger partial charge on any atom is 0.254 e. The van der Waals surface area contributed by atoms with E-state index < -0.39 is 0 Å². The highest BCUT2D eigenvalue weighted by Crippen LogP contribution is 2.19. The number of nitrogens with zero attached hydrogens (tertiary/aromatic N) is 2. The number of aliphatic hydroxyl groups is 1. The van der Waals surface area contributed by atoms with Crippen molar-refractivity contribution in [3.63, 3.8) is 0 Å². The van der Waals surface area contributed by atoms with E-state index in [1.54, 1.807) is 23.2 Å². The first kappa shape index (κ1) is 11.5. The first-order valence-electron chi connectivity index (χ1n) is 5.22. The van der Waals surface area contributed by atoms with Crippen LogP contribution in [0.3, 0.4) is 0 Å². The fraction of sp³-hybridized carbons (Fsp3) is 0.455. The van der Waals surface area contributed by atoms with Crippen molar-refractivity contribution < 1.29 is 9.90 Å². The standard InChI is InChI=1S/C11H13BrN2O2/c12-10-5-9(1-3-13-10)11(16)14-4-2-8(6-14)7-15/h1,3,5,8,15H,2,4,6-7H2. The van der Waals surface area contributed by atoms with Gasteiger partial charge >= 0.3 is 0 Å². The monoisotopic (exact) mass is 284 g/mol. The summed E-state index contributed by atoms with van der Waals surface area (Å²) >= 11 is 3.24. The Morgan fingerprint density at radius 3 is 3.12 bits per heavy atom. The second kappa shape index (κ2) is 4.93. The molecule has 2 rings (SSSR count). The van der Waals surface area contributed by atoms with Crippen LogP contribution in [0.4, 0.5) is 0 Å². The zero-order chi connectivity index (χ0) is 11.5. The van der Waals surface area contributed by atoms with Gasteiger partial charge in [-0.1, -0.05) is 0 Å². The van der Waals surface area contributed by atoms with Crippen LogP contribution in [0.25, 0.3) is 0 Å². The molecule has 1 fully saturated rings. The van der Waals surface area contributed by atoms with Crippen molar-refractivity contribution in [1.29, 1.82) is 0 Å². The van der Waals surface area contributed by atoms with Gasteiger partial charge in [0, 0.05) is 37.4 Å². The molecule has 1 N–H and O–H groups in total. The van der Waals surface area contributed by atoms with Crippen molar-refractivity contribution in [3.8, 4) is 0 Å². The van der Waals surface area contributed by atoms with Crippen LogP contribution in [-0.4, -0.2) is 40.6 Å². The molecule has 5 heteroatoms. The Hall–Kier alpha value is -0.940. The van der Waals surface area contributed by atoms with E-state index in [0.29, 0.717) is 16.7 Å². The maximum absolute atomic E-state index is 12.1. The van der Waals surface area contributed by atoms with Crippen molar-refractivity contribution in [2.75, 3.05) is 19.7 Å². The summed E-state index contributed by atoms with van der Waals surface area (Å²) in [7, 11) is 0. The quantitative estimate of drug-likeness (QED) is 0.833. The van der Waals surface area contributed by atoms with E-state index in [1.165, 1.54) is 0 Å². The number of hydrogen-bond acceptors (Lipinski definition) is 3. The fourth-order valence-corrected chi connectivity index (χ4v) is 2.25. The Morgan fingerprint density at radius 2 is 2.50 bits per heavy atom. The number of hydrogen-bond donors (Lipinski definition) is 1. The maximum atomic E-state index is 12.1. The minimum absolute atomic E-state index is 0.0130. The topological polar surface area (TPSA) is 53.4 Å². The Balaban J connectivity index is 2.08. The van der Waals surface area contributed by atoms with Gasteiger partial charge in [-0.05, 0) is 34.5 Å². The Labute approximate surface area is 102 Å². The highest BCUT2D eigenvalue weighted by atomic mass is 79.9. The highest BCUT2D eigenvalue weighted by molar-refractivity contribution is 9.10. The van der Waals surface area contributed by atoms with E-state index in [2.05, 4.69) is 20.9 Å². The summed E-state index contributed by atoms with van der Waals surface area (Å²) in [6.45, 7) is 1.53. The van der Waals surface area contributed by atoms with E-state index in [4.69, 9.17) is 5.11 Å². The molecule has 0 aliphatic carbocycles. The highest BCUT2D eigenvalue weighted by Gasteiger charge is 2.26. The molecule has 16 heavy (non-hydrogen) atoms. The molecule has 1 aromatic heterocycles. The summed E-state index contributed by atoms with van der Waals surface area (Å²) in [5.74, 6) is 0.244. The number of aromatic nitrogens is 1. The third-order valence-electron chi connectivity index (χ3n) is 2.80. The van der Waals surface area contributed by atoms with Gasteiger partial charge in [-0.3, -0.25) is 4.79 Å². The van der Waals surface area contributed by atoms with Crippen molar-refractivity contribution in [2.24, 2.45) is 5.92 Å².